The normalized spacial score (nSPS) is 15.0. The van der Waals surface area contributed by atoms with E-state index in [4.69, 9.17) is 5.26 Å². The fourth-order valence-electron chi connectivity index (χ4n) is 2.05. The molecule has 0 fully saturated rings. The van der Waals surface area contributed by atoms with Crippen molar-refractivity contribution < 1.29 is 31.1 Å². The summed E-state index contributed by atoms with van der Waals surface area (Å²) >= 11 is 0. The van der Waals surface area contributed by atoms with Gasteiger partial charge < -0.3 is 4.74 Å². The number of aryl methyl sites for hydroxylation is 2. The van der Waals surface area contributed by atoms with Gasteiger partial charge in [0.15, 0.2) is 0 Å². The third-order valence-electron chi connectivity index (χ3n) is 2.96. The Hall–Kier alpha value is -1.98. The summed E-state index contributed by atoms with van der Waals surface area (Å²) in [6.45, 7) is 0. The monoisotopic (exact) mass is 310 g/mol. The fraction of sp³-hybridized carbons (Fsp3) is 0.500. The predicted octanol–water partition coefficient (Wildman–Crippen LogP) is 3.31. The van der Waals surface area contributed by atoms with E-state index < -0.39 is 29.9 Å². The zero-order chi connectivity index (χ0) is 15.8. The van der Waals surface area contributed by atoms with Gasteiger partial charge in [-0.25, -0.2) is 4.98 Å². The lowest BCUT2D eigenvalue weighted by atomic mass is 10.1. The van der Waals surface area contributed by atoms with Crippen molar-refractivity contribution in [3.8, 4) is 11.9 Å². The van der Waals surface area contributed by atoms with Crippen molar-refractivity contribution in [1.29, 1.82) is 5.26 Å². The van der Waals surface area contributed by atoms with Crippen LogP contribution in [0.2, 0.25) is 0 Å². The minimum atomic E-state index is -5.65. The van der Waals surface area contributed by atoms with E-state index in [0.29, 0.717) is 30.5 Å². The molecule has 0 aliphatic heterocycles. The Balaban J connectivity index is 2.40. The van der Waals surface area contributed by atoms with E-state index in [1.165, 1.54) is 12.1 Å². The van der Waals surface area contributed by atoms with Crippen LogP contribution in [0.25, 0.3) is 0 Å². The van der Waals surface area contributed by atoms with Gasteiger partial charge in [-0.3, -0.25) is 0 Å². The molecule has 0 atom stereocenters. The molecule has 0 unspecified atom stereocenters. The van der Waals surface area contributed by atoms with E-state index in [1.807, 2.05) is 0 Å². The van der Waals surface area contributed by atoms with Gasteiger partial charge in [-0.2, -0.15) is 31.6 Å². The Kier molecular flexibility index (Phi) is 3.74. The fourth-order valence-corrected chi connectivity index (χ4v) is 2.05. The summed E-state index contributed by atoms with van der Waals surface area (Å²) in [5.41, 5.74) is 0.579. The van der Waals surface area contributed by atoms with Gasteiger partial charge in [0, 0.05) is 5.69 Å². The van der Waals surface area contributed by atoms with Crippen LogP contribution in [0.3, 0.4) is 0 Å². The first-order valence-electron chi connectivity index (χ1n) is 5.86. The van der Waals surface area contributed by atoms with Gasteiger partial charge in [0.2, 0.25) is 5.88 Å². The first kappa shape index (κ1) is 15.4. The summed E-state index contributed by atoms with van der Waals surface area (Å²) < 4.78 is 78.7. The third-order valence-corrected chi connectivity index (χ3v) is 2.96. The van der Waals surface area contributed by atoms with E-state index in [1.54, 1.807) is 0 Å². The number of pyridine rings is 1. The van der Waals surface area contributed by atoms with Crippen molar-refractivity contribution in [3.63, 3.8) is 0 Å². The highest BCUT2D eigenvalue weighted by atomic mass is 19.4. The van der Waals surface area contributed by atoms with Crippen LogP contribution in [0.1, 0.15) is 23.2 Å². The van der Waals surface area contributed by atoms with Crippen LogP contribution in [0, 0.1) is 11.3 Å². The number of rotatable bonds is 2. The van der Waals surface area contributed by atoms with Crippen LogP contribution in [-0.4, -0.2) is 23.4 Å². The lowest BCUT2D eigenvalue weighted by Gasteiger charge is -2.23. The summed E-state index contributed by atoms with van der Waals surface area (Å²) in [4.78, 5) is 3.65. The number of fused-ring (bicyclic) bond motifs is 1. The lowest BCUT2D eigenvalue weighted by molar-refractivity contribution is -0.300. The van der Waals surface area contributed by atoms with Gasteiger partial charge in [-0.15, -0.1) is 0 Å². The molecule has 0 saturated heterocycles. The minimum absolute atomic E-state index is 0.368. The zero-order valence-corrected chi connectivity index (χ0v) is 10.3. The maximum atomic E-state index is 12.5. The number of nitriles is 1. The zero-order valence-electron chi connectivity index (χ0n) is 10.3. The molecule has 0 bridgehead atoms. The first-order valence-corrected chi connectivity index (χ1v) is 5.86. The summed E-state index contributed by atoms with van der Waals surface area (Å²) in [7, 11) is 0. The van der Waals surface area contributed by atoms with Gasteiger partial charge in [0.05, 0.1) is 0 Å². The molecule has 0 saturated carbocycles. The van der Waals surface area contributed by atoms with Crippen molar-refractivity contribution >= 4 is 0 Å². The number of ether oxygens (including phenoxy) is 1. The Morgan fingerprint density at radius 3 is 2.29 bits per heavy atom. The standard InChI is InChI=1S/C12H8F6N2O/c13-11(14,15)10(12(16,17)18)21-9-7(5-19)4-6-2-1-3-8(6)20-9/h4,10H,1-3H2. The number of hydrogen-bond donors (Lipinski definition) is 0. The van der Waals surface area contributed by atoms with Crippen molar-refractivity contribution in [2.75, 3.05) is 0 Å². The molecule has 1 aromatic rings. The summed E-state index contributed by atoms with van der Waals surface area (Å²) in [6, 6.07) is 2.74. The molecule has 1 aromatic heterocycles. The average Bonchev–Trinajstić information content (AvgIpc) is 2.78. The van der Waals surface area contributed by atoms with Gasteiger partial charge in [0.1, 0.15) is 11.6 Å². The highest BCUT2D eigenvalue weighted by Gasteiger charge is 2.59. The molecule has 21 heavy (non-hydrogen) atoms. The third kappa shape index (κ3) is 3.20. The van der Waals surface area contributed by atoms with Crippen molar-refractivity contribution in [1.82, 2.24) is 4.98 Å². The maximum Gasteiger partial charge on any atom is 0.434 e. The van der Waals surface area contributed by atoms with E-state index >= 15 is 0 Å². The second-order valence-electron chi connectivity index (χ2n) is 4.49. The summed E-state index contributed by atoms with van der Waals surface area (Å²) in [5, 5.41) is 8.84. The van der Waals surface area contributed by atoms with Gasteiger partial charge >= 0.3 is 12.4 Å². The van der Waals surface area contributed by atoms with Gasteiger partial charge in [-0.1, -0.05) is 0 Å². The first-order chi connectivity index (χ1) is 9.63. The van der Waals surface area contributed by atoms with Crippen LogP contribution in [0.15, 0.2) is 6.07 Å². The number of halogens is 6. The molecule has 1 heterocycles. The van der Waals surface area contributed by atoms with Crippen LogP contribution in [0.5, 0.6) is 5.88 Å². The molecule has 0 spiro atoms. The molecule has 0 amide bonds. The van der Waals surface area contributed by atoms with E-state index in [9.17, 15) is 26.3 Å². The SMILES string of the molecule is N#Cc1cc2c(nc1OC(C(F)(F)F)C(F)(F)F)CCC2. The molecule has 114 valence electrons. The second kappa shape index (κ2) is 5.09. The average molecular weight is 310 g/mol. The maximum absolute atomic E-state index is 12.5. The molecule has 1 aliphatic rings. The molecule has 1 aliphatic carbocycles. The van der Waals surface area contributed by atoms with Gasteiger partial charge in [-0.05, 0) is 30.9 Å². The largest absolute Gasteiger partial charge is 0.454 e. The smallest absolute Gasteiger partial charge is 0.434 e. The summed E-state index contributed by atoms with van der Waals surface area (Å²) in [6.07, 6.45) is -13.6. The molecule has 9 heteroatoms. The van der Waals surface area contributed by atoms with Crippen LogP contribution in [0.4, 0.5) is 26.3 Å². The lowest BCUT2D eigenvalue weighted by Crippen LogP contribution is -2.46. The summed E-state index contributed by atoms with van der Waals surface area (Å²) in [5.74, 6) is -0.933. The highest BCUT2D eigenvalue weighted by Crippen LogP contribution is 2.37. The number of alkyl halides is 6. The number of hydrogen-bond acceptors (Lipinski definition) is 3. The topological polar surface area (TPSA) is 45.9 Å². The Bertz CT molecular complexity index is 573. The molecule has 3 nitrogen and oxygen atoms in total. The van der Waals surface area contributed by atoms with Crippen molar-refractivity contribution in [3.05, 3.63) is 22.9 Å². The van der Waals surface area contributed by atoms with Crippen LogP contribution >= 0.6 is 0 Å². The van der Waals surface area contributed by atoms with Crippen LogP contribution in [-0.2, 0) is 12.8 Å². The molecule has 0 aromatic carbocycles. The number of aromatic nitrogens is 1. The van der Waals surface area contributed by atoms with Crippen molar-refractivity contribution in [2.45, 2.75) is 37.7 Å². The quantitative estimate of drug-likeness (QED) is 0.787. The van der Waals surface area contributed by atoms with Crippen LogP contribution < -0.4 is 4.74 Å². The van der Waals surface area contributed by atoms with E-state index in [0.717, 1.165) is 0 Å². The number of nitrogens with zero attached hydrogens (tertiary/aromatic N) is 2. The minimum Gasteiger partial charge on any atom is -0.454 e. The molecular weight excluding hydrogens is 302 g/mol. The Morgan fingerprint density at radius 2 is 1.76 bits per heavy atom. The van der Waals surface area contributed by atoms with Crippen molar-refractivity contribution in [2.24, 2.45) is 0 Å². The molecule has 2 rings (SSSR count). The molecular formula is C12H8F6N2O. The molecule has 0 N–H and O–H groups in total. The Labute approximate surface area is 115 Å². The van der Waals surface area contributed by atoms with Gasteiger partial charge in [0.25, 0.3) is 6.10 Å². The van der Waals surface area contributed by atoms with E-state index in [-0.39, 0.29) is 0 Å². The molecule has 0 radical (unpaired) electrons. The highest BCUT2D eigenvalue weighted by molar-refractivity contribution is 5.44. The second-order valence-corrected chi connectivity index (χ2v) is 4.49. The predicted molar refractivity (Wildman–Crippen MR) is 57.5 cm³/mol. The van der Waals surface area contributed by atoms with E-state index in [2.05, 4.69) is 9.72 Å². The Morgan fingerprint density at radius 1 is 1.14 bits per heavy atom.